The Morgan fingerprint density at radius 1 is 1.35 bits per heavy atom. The molecule has 2 N–H and O–H groups in total. The van der Waals surface area contributed by atoms with Crippen LogP contribution in [-0.2, 0) is 9.53 Å². The van der Waals surface area contributed by atoms with Crippen molar-refractivity contribution in [2.75, 3.05) is 31.1 Å². The fourth-order valence-corrected chi connectivity index (χ4v) is 4.16. The fourth-order valence-electron chi connectivity index (χ4n) is 4.16. The van der Waals surface area contributed by atoms with E-state index in [1.54, 1.807) is 12.1 Å². The number of alkyl halides is 2. The maximum atomic E-state index is 14.9. The summed E-state index contributed by atoms with van der Waals surface area (Å²) in [7, 11) is 0. The highest BCUT2D eigenvalue weighted by atomic mass is 19.3. The van der Waals surface area contributed by atoms with Gasteiger partial charge >= 0.3 is 12.5 Å². The first-order valence-electron chi connectivity index (χ1n) is 10.8. The van der Waals surface area contributed by atoms with E-state index in [0.717, 1.165) is 19.5 Å². The van der Waals surface area contributed by atoms with Crippen LogP contribution < -0.4 is 15.5 Å². The van der Waals surface area contributed by atoms with Crippen molar-refractivity contribution < 1.29 is 27.5 Å². The minimum atomic E-state index is -3.16. The summed E-state index contributed by atoms with van der Waals surface area (Å²) in [5.74, 6) is -2.19. The number of benzene rings is 1. The van der Waals surface area contributed by atoms with Crippen molar-refractivity contribution in [3.05, 3.63) is 48.0 Å². The van der Waals surface area contributed by atoms with Gasteiger partial charge in [0.2, 0.25) is 0 Å². The van der Waals surface area contributed by atoms with Crippen LogP contribution in [0.5, 0.6) is 0 Å². The van der Waals surface area contributed by atoms with Gasteiger partial charge in [0.25, 0.3) is 5.91 Å². The molecule has 2 aliphatic heterocycles. The highest BCUT2D eigenvalue weighted by molar-refractivity contribution is 5.90. The molecule has 0 bridgehead atoms. The second kappa shape index (κ2) is 10.1. The van der Waals surface area contributed by atoms with Crippen LogP contribution in [0, 0.1) is 23.1 Å². The number of carbonyl (C=O) groups excluding carboxylic acids is 2. The van der Waals surface area contributed by atoms with Crippen molar-refractivity contribution in [2.45, 2.75) is 24.9 Å². The smallest absolute Gasteiger partial charge is 0.414 e. The molecule has 3 atom stereocenters. The summed E-state index contributed by atoms with van der Waals surface area (Å²) >= 11 is 0. The van der Waals surface area contributed by atoms with Crippen LogP contribution in [0.1, 0.15) is 18.0 Å². The number of nitrogens with one attached hydrogen (secondary N) is 2. The summed E-state index contributed by atoms with van der Waals surface area (Å²) in [4.78, 5) is 28.7. The number of anilines is 1. The number of halogens is 3. The van der Waals surface area contributed by atoms with Gasteiger partial charge in [0.1, 0.15) is 11.9 Å². The van der Waals surface area contributed by atoms with Crippen molar-refractivity contribution in [1.29, 1.82) is 5.26 Å². The van der Waals surface area contributed by atoms with Crippen LogP contribution in [0.2, 0.25) is 0 Å². The number of amides is 2. The van der Waals surface area contributed by atoms with Crippen LogP contribution in [-0.4, -0.2) is 55.7 Å². The number of aromatic nitrogens is 1. The van der Waals surface area contributed by atoms with Gasteiger partial charge in [-0.05, 0) is 49.7 Å². The molecular formula is C23H22F3N5O3. The number of nitriles is 1. The summed E-state index contributed by atoms with van der Waals surface area (Å²) in [6.45, 7) is 1.33. The van der Waals surface area contributed by atoms with Gasteiger partial charge < -0.3 is 15.4 Å². The lowest BCUT2D eigenvalue weighted by Gasteiger charge is -2.16. The van der Waals surface area contributed by atoms with Gasteiger partial charge in [-0.25, -0.2) is 9.18 Å². The molecule has 1 unspecified atom stereocenters. The molecule has 178 valence electrons. The lowest BCUT2D eigenvalue weighted by molar-refractivity contribution is -0.132. The largest absolute Gasteiger partial charge is 0.442 e. The zero-order chi connectivity index (χ0) is 24.2. The van der Waals surface area contributed by atoms with Gasteiger partial charge in [-0.15, -0.1) is 0 Å². The average Bonchev–Trinajstić information content (AvgIpc) is 3.48. The number of nitrogens with zero attached hydrogens (tertiary/aromatic N) is 3. The standard InChI is InChI=1S/C23H22F3N5O3/c24-19-7-15(31-12-16(34-23(31)33)11-30-22(32)21(25)26)2-3-17(19)13-1-4-20(29-10-13)18(8-27)14-5-6-28-9-14/h1-4,7,10,14,16,18,21,28H,5-6,9,11-12H2,(H,30,32)/t14-,16+,18?/m1/s1. The minimum absolute atomic E-state index is 0.0248. The first-order chi connectivity index (χ1) is 16.4. The zero-order valence-corrected chi connectivity index (χ0v) is 18.0. The lowest BCUT2D eigenvalue weighted by atomic mass is 9.89. The van der Waals surface area contributed by atoms with Gasteiger partial charge in [0.05, 0.1) is 36.5 Å². The van der Waals surface area contributed by atoms with E-state index in [0.29, 0.717) is 11.3 Å². The molecule has 1 aromatic carbocycles. The molecule has 2 fully saturated rings. The number of hydrogen-bond acceptors (Lipinski definition) is 6. The Labute approximate surface area is 193 Å². The van der Waals surface area contributed by atoms with Crippen LogP contribution in [0.25, 0.3) is 11.1 Å². The fraction of sp³-hybridized carbons (Fsp3) is 0.391. The summed E-state index contributed by atoms with van der Waals surface area (Å²) in [5, 5.41) is 14.8. The molecule has 4 rings (SSSR count). The molecule has 34 heavy (non-hydrogen) atoms. The number of carbonyl (C=O) groups is 2. The summed E-state index contributed by atoms with van der Waals surface area (Å²) in [6.07, 6.45) is -2.34. The molecule has 2 amide bonds. The third-order valence-electron chi connectivity index (χ3n) is 5.97. The Hall–Kier alpha value is -3.65. The van der Waals surface area contributed by atoms with E-state index < -0.39 is 30.3 Å². The third kappa shape index (κ3) is 4.97. The summed E-state index contributed by atoms with van der Waals surface area (Å²) in [6, 6.07) is 9.96. The molecule has 11 heteroatoms. The maximum Gasteiger partial charge on any atom is 0.414 e. The molecule has 2 saturated heterocycles. The van der Waals surface area contributed by atoms with E-state index in [2.05, 4.69) is 16.4 Å². The molecule has 0 radical (unpaired) electrons. The van der Waals surface area contributed by atoms with Gasteiger partial charge in [-0.2, -0.15) is 14.0 Å². The highest BCUT2D eigenvalue weighted by Crippen LogP contribution is 2.31. The average molecular weight is 473 g/mol. The molecule has 2 aromatic rings. The Balaban J connectivity index is 1.44. The minimum Gasteiger partial charge on any atom is -0.442 e. The normalized spacial score (nSPS) is 20.8. The lowest BCUT2D eigenvalue weighted by Crippen LogP contribution is -2.37. The molecule has 2 aliphatic rings. The number of rotatable bonds is 7. The Kier molecular flexibility index (Phi) is 6.98. The number of ether oxygens (including phenoxy) is 1. The van der Waals surface area contributed by atoms with E-state index in [9.17, 15) is 28.0 Å². The Morgan fingerprint density at radius 2 is 2.18 bits per heavy atom. The molecule has 1 aromatic heterocycles. The molecule has 3 heterocycles. The number of hydrogen-bond donors (Lipinski definition) is 2. The predicted molar refractivity (Wildman–Crippen MR) is 116 cm³/mol. The Bertz CT molecular complexity index is 1100. The summed E-state index contributed by atoms with van der Waals surface area (Å²) in [5.41, 5.74) is 1.66. The quantitative estimate of drug-likeness (QED) is 0.641. The van der Waals surface area contributed by atoms with E-state index >= 15 is 0 Å². The van der Waals surface area contributed by atoms with Crippen LogP contribution >= 0.6 is 0 Å². The predicted octanol–water partition coefficient (Wildman–Crippen LogP) is 2.81. The van der Waals surface area contributed by atoms with Gasteiger partial charge in [-0.1, -0.05) is 6.07 Å². The van der Waals surface area contributed by atoms with E-state index in [1.165, 1.54) is 29.3 Å². The van der Waals surface area contributed by atoms with Crippen molar-refractivity contribution in [3.63, 3.8) is 0 Å². The first kappa shape index (κ1) is 23.5. The van der Waals surface area contributed by atoms with Crippen LogP contribution in [0.3, 0.4) is 0 Å². The van der Waals surface area contributed by atoms with Gasteiger partial charge in [0.15, 0.2) is 0 Å². The van der Waals surface area contributed by atoms with E-state index in [4.69, 9.17) is 4.74 Å². The molecule has 0 aliphatic carbocycles. The van der Waals surface area contributed by atoms with Crippen LogP contribution in [0.4, 0.5) is 23.7 Å². The number of pyridine rings is 1. The van der Waals surface area contributed by atoms with Crippen molar-refractivity contribution >= 4 is 17.7 Å². The first-order valence-corrected chi connectivity index (χ1v) is 10.8. The topological polar surface area (TPSA) is 107 Å². The number of cyclic esters (lactones) is 1. The molecule has 0 spiro atoms. The van der Waals surface area contributed by atoms with Gasteiger partial charge in [0, 0.05) is 17.3 Å². The van der Waals surface area contributed by atoms with Crippen molar-refractivity contribution in [2.24, 2.45) is 5.92 Å². The summed E-state index contributed by atoms with van der Waals surface area (Å²) < 4.78 is 44.6. The second-order valence-electron chi connectivity index (χ2n) is 8.16. The van der Waals surface area contributed by atoms with Gasteiger partial charge in [-0.3, -0.25) is 14.7 Å². The second-order valence-corrected chi connectivity index (χ2v) is 8.16. The molecule has 0 saturated carbocycles. The van der Waals surface area contributed by atoms with E-state index in [-0.39, 0.29) is 36.2 Å². The Morgan fingerprint density at radius 3 is 2.79 bits per heavy atom. The highest BCUT2D eigenvalue weighted by Gasteiger charge is 2.33. The monoisotopic (exact) mass is 473 g/mol. The maximum absolute atomic E-state index is 14.9. The molecule has 8 nitrogen and oxygen atoms in total. The van der Waals surface area contributed by atoms with Crippen molar-refractivity contribution in [1.82, 2.24) is 15.6 Å². The third-order valence-corrected chi connectivity index (χ3v) is 5.97. The SMILES string of the molecule is N#CC(c1ccc(-c2ccc(N3C[C@H](CNC(=O)C(F)F)OC3=O)cc2F)cn1)[C@@H]1CCNC1. The van der Waals surface area contributed by atoms with Crippen LogP contribution in [0.15, 0.2) is 36.5 Å². The molecular weight excluding hydrogens is 451 g/mol. The van der Waals surface area contributed by atoms with Crippen molar-refractivity contribution in [3.8, 4) is 17.2 Å². The zero-order valence-electron chi connectivity index (χ0n) is 18.0. The van der Waals surface area contributed by atoms with E-state index in [1.807, 2.05) is 5.32 Å².